The molecule has 1 N–H and O–H groups in total. The van der Waals surface area contributed by atoms with Gasteiger partial charge in [-0.25, -0.2) is 4.79 Å². The zero-order valence-electron chi connectivity index (χ0n) is 10.8. The molecule has 0 aliphatic carbocycles. The van der Waals surface area contributed by atoms with E-state index in [1.807, 2.05) is 0 Å². The highest BCUT2D eigenvalue weighted by molar-refractivity contribution is 14.1. The highest BCUT2D eigenvalue weighted by atomic mass is 127. The second kappa shape index (κ2) is 6.83. The fraction of sp³-hybridized carbons (Fsp3) is 0.750. The van der Waals surface area contributed by atoms with Gasteiger partial charge in [0.05, 0.1) is 12.7 Å². The molecule has 104 valence electrons. The highest BCUT2D eigenvalue weighted by Crippen LogP contribution is 2.31. The molecule has 0 aromatic rings. The molecule has 1 rings (SSSR count). The van der Waals surface area contributed by atoms with Gasteiger partial charge < -0.3 is 19.3 Å². The molecule has 1 saturated heterocycles. The number of hydrogen-bond acceptors (Lipinski definition) is 5. The van der Waals surface area contributed by atoms with E-state index in [4.69, 9.17) is 14.2 Å². The number of esters is 1. The van der Waals surface area contributed by atoms with E-state index in [-0.39, 0.29) is 0 Å². The van der Waals surface area contributed by atoms with Gasteiger partial charge in [-0.3, -0.25) is 0 Å². The summed E-state index contributed by atoms with van der Waals surface area (Å²) in [4.78, 5) is 11.2. The lowest BCUT2D eigenvalue weighted by Crippen LogP contribution is -2.35. The van der Waals surface area contributed by atoms with Crippen molar-refractivity contribution in [2.75, 3.05) is 11.0 Å². The summed E-state index contributed by atoms with van der Waals surface area (Å²) in [5.41, 5.74) is 0. The second-order valence-corrected chi connectivity index (χ2v) is 5.28. The lowest BCUT2D eigenvalue weighted by molar-refractivity contribution is -0.151. The third-order valence-electron chi connectivity index (χ3n) is 2.41. The SMILES string of the molecule is CCOC(=O)/C=C/[C@@H]1OC(C)(C)O[C@@H]1[C@H](O)CI. The summed E-state index contributed by atoms with van der Waals surface area (Å²) in [5, 5.41) is 9.87. The summed E-state index contributed by atoms with van der Waals surface area (Å²) < 4.78 is 16.6. The van der Waals surface area contributed by atoms with Crippen LogP contribution in [-0.2, 0) is 19.0 Å². The number of aliphatic hydroxyl groups is 1. The first-order valence-electron chi connectivity index (χ1n) is 5.84. The van der Waals surface area contributed by atoms with E-state index in [2.05, 4.69) is 22.6 Å². The lowest BCUT2D eigenvalue weighted by Gasteiger charge is -2.19. The predicted octanol–water partition coefficient (Wildman–Crippen LogP) is 1.42. The van der Waals surface area contributed by atoms with Gasteiger partial charge in [-0.2, -0.15) is 0 Å². The standard InChI is InChI=1S/C12H19IO5/c1-4-16-10(15)6-5-9-11(8(14)7-13)18-12(2,3)17-9/h5-6,8-9,11,14H,4,7H2,1-3H3/b6-5+/t8-,9+,11-/m1/s1. The summed E-state index contributed by atoms with van der Waals surface area (Å²) in [6.07, 6.45) is 1.33. The maximum Gasteiger partial charge on any atom is 0.330 e. The normalized spacial score (nSPS) is 28.5. The summed E-state index contributed by atoms with van der Waals surface area (Å²) in [5.74, 6) is -1.19. The third-order valence-corrected chi connectivity index (χ3v) is 3.31. The van der Waals surface area contributed by atoms with E-state index >= 15 is 0 Å². The molecule has 1 aliphatic heterocycles. The van der Waals surface area contributed by atoms with E-state index in [1.54, 1.807) is 26.8 Å². The molecule has 1 aliphatic rings. The Labute approximate surface area is 121 Å². The average Bonchev–Trinajstić information content (AvgIpc) is 2.61. The molecule has 0 amide bonds. The number of carbonyl (C=O) groups excluding carboxylic acids is 1. The van der Waals surface area contributed by atoms with Crippen LogP contribution in [0.1, 0.15) is 20.8 Å². The van der Waals surface area contributed by atoms with Crippen molar-refractivity contribution in [1.82, 2.24) is 0 Å². The zero-order valence-corrected chi connectivity index (χ0v) is 12.9. The monoisotopic (exact) mass is 370 g/mol. The van der Waals surface area contributed by atoms with Gasteiger partial charge >= 0.3 is 5.97 Å². The predicted molar refractivity (Wildman–Crippen MR) is 74.5 cm³/mol. The van der Waals surface area contributed by atoms with Gasteiger partial charge in [-0.15, -0.1) is 0 Å². The summed E-state index contributed by atoms with van der Waals surface area (Å²) >= 11 is 2.08. The molecule has 0 spiro atoms. The number of rotatable bonds is 5. The summed E-state index contributed by atoms with van der Waals surface area (Å²) in [7, 11) is 0. The second-order valence-electron chi connectivity index (χ2n) is 4.40. The van der Waals surface area contributed by atoms with Crippen LogP contribution in [-0.4, -0.2) is 46.2 Å². The number of carbonyl (C=O) groups is 1. The molecular weight excluding hydrogens is 351 g/mol. The van der Waals surface area contributed by atoms with E-state index in [0.29, 0.717) is 11.0 Å². The molecule has 0 radical (unpaired) electrons. The molecule has 0 aromatic carbocycles. The molecule has 6 heteroatoms. The Hall–Kier alpha value is -0.180. The molecular formula is C12H19IO5. The van der Waals surface area contributed by atoms with Crippen molar-refractivity contribution in [3.05, 3.63) is 12.2 Å². The maximum atomic E-state index is 11.2. The summed E-state index contributed by atoms with van der Waals surface area (Å²) in [6.45, 7) is 5.62. The molecule has 5 nitrogen and oxygen atoms in total. The van der Waals surface area contributed by atoms with Crippen molar-refractivity contribution in [2.24, 2.45) is 0 Å². The van der Waals surface area contributed by atoms with Crippen molar-refractivity contribution >= 4 is 28.6 Å². The fourth-order valence-electron chi connectivity index (χ4n) is 1.72. The van der Waals surface area contributed by atoms with Crippen LogP contribution in [0.15, 0.2) is 12.2 Å². The van der Waals surface area contributed by atoms with Gasteiger partial charge in [0, 0.05) is 10.5 Å². The Balaban J connectivity index is 2.69. The largest absolute Gasteiger partial charge is 0.463 e. The first-order chi connectivity index (χ1) is 8.39. The Kier molecular flexibility index (Phi) is 6.03. The van der Waals surface area contributed by atoms with Crippen molar-refractivity contribution in [1.29, 1.82) is 0 Å². The first kappa shape index (κ1) is 15.9. The average molecular weight is 370 g/mol. The number of hydrogen-bond donors (Lipinski definition) is 1. The van der Waals surface area contributed by atoms with E-state index in [1.165, 1.54) is 6.08 Å². The number of ether oxygens (including phenoxy) is 3. The van der Waals surface area contributed by atoms with Crippen LogP contribution in [0.3, 0.4) is 0 Å². The van der Waals surface area contributed by atoms with Gasteiger partial charge in [-0.1, -0.05) is 22.6 Å². The van der Waals surface area contributed by atoms with Crippen molar-refractivity contribution in [3.8, 4) is 0 Å². The van der Waals surface area contributed by atoms with Crippen LogP contribution in [0.4, 0.5) is 0 Å². The van der Waals surface area contributed by atoms with Gasteiger partial charge in [0.25, 0.3) is 0 Å². The number of alkyl halides is 1. The third kappa shape index (κ3) is 4.49. The quantitative estimate of drug-likeness (QED) is 0.343. The van der Waals surface area contributed by atoms with Crippen LogP contribution < -0.4 is 0 Å². The smallest absolute Gasteiger partial charge is 0.330 e. The lowest BCUT2D eigenvalue weighted by atomic mass is 10.1. The first-order valence-corrected chi connectivity index (χ1v) is 7.36. The molecule has 0 saturated carbocycles. The summed E-state index contributed by atoms with van der Waals surface area (Å²) in [6, 6.07) is 0. The molecule has 1 heterocycles. The van der Waals surface area contributed by atoms with Crippen LogP contribution in [0, 0.1) is 0 Å². The number of halogens is 1. The van der Waals surface area contributed by atoms with Crippen LogP contribution in [0.5, 0.6) is 0 Å². The molecule has 18 heavy (non-hydrogen) atoms. The molecule has 1 fully saturated rings. The zero-order chi connectivity index (χ0) is 13.8. The molecule has 0 bridgehead atoms. The van der Waals surface area contributed by atoms with Crippen LogP contribution >= 0.6 is 22.6 Å². The van der Waals surface area contributed by atoms with Crippen molar-refractivity contribution < 1.29 is 24.1 Å². The van der Waals surface area contributed by atoms with E-state index < -0.39 is 30.1 Å². The minimum absolute atomic E-state index is 0.330. The van der Waals surface area contributed by atoms with E-state index in [0.717, 1.165) is 0 Å². The van der Waals surface area contributed by atoms with Crippen molar-refractivity contribution in [3.63, 3.8) is 0 Å². The maximum absolute atomic E-state index is 11.2. The molecule has 0 aromatic heterocycles. The highest BCUT2D eigenvalue weighted by Gasteiger charge is 2.43. The number of aliphatic hydroxyl groups excluding tert-OH is 1. The minimum Gasteiger partial charge on any atom is -0.463 e. The van der Waals surface area contributed by atoms with Crippen LogP contribution in [0.25, 0.3) is 0 Å². The molecule has 3 atom stereocenters. The van der Waals surface area contributed by atoms with Gasteiger partial charge in [0.2, 0.25) is 0 Å². The van der Waals surface area contributed by atoms with Gasteiger partial charge in [-0.05, 0) is 26.8 Å². The topological polar surface area (TPSA) is 65.0 Å². The van der Waals surface area contributed by atoms with Gasteiger partial charge in [0.1, 0.15) is 12.2 Å². The fourth-order valence-corrected chi connectivity index (χ4v) is 2.22. The van der Waals surface area contributed by atoms with E-state index in [9.17, 15) is 9.90 Å². The Morgan fingerprint density at radius 2 is 2.22 bits per heavy atom. The molecule has 0 unspecified atom stereocenters. The Morgan fingerprint density at radius 1 is 1.56 bits per heavy atom. The minimum atomic E-state index is -0.763. The van der Waals surface area contributed by atoms with Crippen molar-refractivity contribution in [2.45, 2.75) is 44.9 Å². The van der Waals surface area contributed by atoms with Crippen LogP contribution in [0.2, 0.25) is 0 Å². The Morgan fingerprint density at radius 3 is 2.78 bits per heavy atom. The Bertz CT molecular complexity index is 316. The van der Waals surface area contributed by atoms with Gasteiger partial charge in [0.15, 0.2) is 5.79 Å².